The van der Waals surface area contributed by atoms with Crippen molar-refractivity contribution in [1.29, 1.82) is 0 Å². The molecule has 0 aliphatic rings. The van der Waals surface area contributed by atoms with Crippen LogP contribution in [0.15, 0.2) is 59.3 Å². The maximum atomic E-state index is 5.48. The number of guanidine groups is 1. The van der Waals surface area contributed by atoms with E-state index in [9.17, 15) is 0 Å². The van der Waals surface area contributed by atoms with Crippen LogP contribution in [0.5, 0.6) is 0 Å². The summed E-state index contributed by atoms with van der Waals surface area (Å²) >= 11 is 13.3. The Bertz CT molecular complexity index is 655. The van der Waals surface area contributed by atoms with Crippen LogP contribution in [0.1, 0.15) is 0 Å². The second kappa shape index (κ2) is 8.77. The minimum absolute atomic E-state index is 0.0595. The molecule has 0 amide bonds. The van der Waals surface area contributed by atoms with Crippen molar-refractivity contribution in [1.82, 2.24) is 0 Å². The fraction of sp³-hybridized carbons (Fsp3) is 0. The predicted molar refractivity (Wildman–Crippen MR) is 104 cm³/mol. The summed E-state index contributed by atoms with van der Waals surface area (Å²) in [7, 11) is 0. The van der Waals surface area contributed by atoms with E-state index in [1.165, 1.54) is 0 Å². The van der Waals surface area contributed by atoms with Crippen LogP contribution in [-0.2, 0) is 0 Å². The highest BCUT2D eigenvalue weighted by atomic mass is 79.9. The molecule has 0 aliphatic heterocycles. The van der Waals surface area contributed by atoms with Gasteiger partial charge in [-0.1, -0.05) is 0 Å². The van der Waals surface area contributed by atoms with E-state index in [4.69, 9.17) is 17.2 Å². The van der Waals surface area contributed by atoms with Gasteiger partial charge in [0.25, 0.3) is 0 Å². The van der Waals surface area contributed by atoms with Crippen molar-refractivity contribution in [2.24, 2.45) is 16.5 Å². The SMILES string of the molecule is NC(N)=Nc1ccc(Br)c(Br)c1.Nc1ccc(Br)c(Br)c1. The molecule has 2 aromatic rings. The highest BCUT2D eigenvalue weighted by molar-refractivity contribution is 9.13. The van der Waals surface area contributed by atoms with Gasteiger partial charge in [-0.15, -0.1) is 0 Å². The van der Waals surface area contributed by atoms with Crippen LogP contribution in [0.2, 0.25) is 0 Å². The van der Waals surface area contributed by atoms with Gasteiger partial charge >= 0.3 is 0 Å². The van der Waals surface area contributed by atoms with Gasteiger partial charge in [-0.3, -0.25) is 0 Å². The zero-order valence-electron chi connectivity index (χ0n) is 10.7. The van der Waals surface area contributed by atoms with Crippen LogP contribution >= 0.6 is 63.7 Å². The molecule has 2 aromatic carbocycles. The molecule has 0 atom stereocenters. The number of halogens is 4. The Balaban J connectivity index is 0.000000219. The molecule has 0 aromatic heterocycles. The third-order valence-electron chi connectivity index (χ3n) is 2.11. The van der Waals surface area contributed by atoms with E-state index in [1.807, 2.05) is 36.4 Å². The lowest BCUT2D eigenvalue weighted by molar-refractivity contribution is 1.41. The third kappa shape index (κ3) is 6.82. The summed E-state index contributed by atoms with van der Waals surface area (Å²) in [6.45, 7) is 0. The first-order valence-corrected chi connectivity index (χ1v) is 8.72. The number of benzene rings is 2. The monoisotopic (exact) mass is 540 g/mol. The number of nitrogens with two attached hydrogens (primary N) is 3. The van der Waals surface area contributed by atoms with Crippen molar-refractivity contribution in [3.05, 3.63) is 54.3 Å². The van der Waals surface area contributed by atoms with E-state index >= 15 is 0 Å². The first-order chi connectivity index (χ1) is 9.79. The van der Waals surface area contributed by atoms with Crippen LogP contribution in [0.4, 0.5) is 11.4 Å². The second-order valence-corrected chi connectivity index (χ2v) is 7.23. The van der Waals surface area contributed by atoms with Crippen LogP contribution < -0.4 is 17.2 Å². The molecule has 0 saturated carbocycles. The number of aliphatic imine (C=N–C) groups is 1. The summed E-state index contributed by atoms with van der Waals surface area (Å²) in [6.07, 6.45) is 0. The number of hydrogen-bond donors (Lipinski definition) is 3. The predicted octanol–water partition coefficient (Wildman–Crippen LogP) is 4.91. The molecule has 0 aliphatic carbocycles. The molecule has 112 valence electrons. The summed E-state index contributed by atoms with van der Waals surface area (Å²) in [5.41, 5.74) is 17.4. The normalized spacial score (nSPS) is 9.52. The van der Waals surface area contributed by atoms with Crippen LogP contribution in [0.25, 0.3) is 0 Å². The average molecular weight is 544 g/mol. The topological polar surface area (TPSA) is 90.4 Å². The molecule has 6 N–H and O–H groups in total. The third-order valence-corrected chi connectivity index (χ3v) is 5.86. The summed E-state index contributed by atoms with van der Waals surface area (Å²) in [6, 6.07) is 11.1. The Hall–Kier alpha value is -0.570. The quantitative estimate of drug-likeness (QED) is 0.271. The molecule has 8 heteroatoms. The van der Waals surface area contributed by atoms with Crippen molar-refractivity contribution >= 4 is 81.1 Å². The molecule has 4 nitrogen and oxygen atoms in total. The number of rotatable bonds is 1. The van der Waals surface area contributed by atoms with Crippen molar-refractivity contribution < 1.29 is 0 Å². The lowest BCUT2D eigenvalue weighted by atomic mass is 10.3. The number of nitrogens with zero attached hydrogens (tertiary/aromatic N) is 1. The van der Waals surface area contributed by atoms with Gasteiger partial charge in [0, 0.05) is 23.6 Å². The zero-order chi connectivity index (χ0) is 16.0. The van der Waals surface area contributed by atoms with Crippen LogP contribution in [0, 0.1) is 0 Å². The van der Waals surface area contributed by atoms with Gasteiger partial charge in [-0.25, -0.2) is 4.99 Å². The van der Waals surface area contributed by atoms with Gasteiger partial charge in [-0.05, 0) is 100 Å². The van der Waals surface area contributed by atoms with Crippen molar-refractivity contribution in [3.63, 3.8) is 0 Å². The van der Waals surface area contributed by atoms with E-state index in [1.54, 1.807) is 0 Å². The number of nitrogen functional groups attached to an aromatic ring is 1. The van der Waals surface area contributed by atoms with Gasteiger partial charge in [0.1, 0.15) is 0 Å². The van der Waals surface area contributed by atoms with E-state index in [2.05, 4.69) is 68.7 Å². The first kappa shape index (κ1) is 18.5. The van der Waals surface area contributed by atoms with Gasteiger partial charge < -0.3 is 17.2 Å². The first-order valence-electron chi connectivity index (χ1n) is 5.55. The van der Waals surface area contributed by atoms with Gasteiger partial charge in [0.15, 0.2) is 5.96 Å². The Morgan fingerprint density at radius 3 is 1.71 bits per heavy atom. The van der Waals surface area contributed by atoms with Crippen molar-refractivity contribution in [3.8, 4) is 0 Å². The van der Waals surface area contributed by atoms with Crippen molar-refractivity contribution in [2.75, 3.05) is 5.73 Å². The minimum atomic E-state index is 0.0595. The van der Waals surface area contributed by atoms with Crippen LogP contribution in [0.3, 0.4) is 0 Å². The number of anilines is 1. The molecule has 2 rings (SSSR count). The molecular formula is C13H12Br4N4. The molecule has 0 unspecified atom stereocenters. The summed E-state index contributed by atoms with van der Waals surface area (Å²) in [5.74, 6) is 0.0595. The zero-order valence-corrected chi connectivity index (χ0v) is 17.0. The molecule has 0 spiro atoms. The maximum Gasteiger partial charge on any atom is 0.191 e. The minimum Gasteiger partial charge on any atom is -0.399 e. The van der Waals surface area contributed by atoms with Crippen LogP contribution in [-0.4, -0.2) is 5.96 Å². The number of hydrogen-bond acceptors (Lipinski definition) is 2. The van der Waals surface area contributed by atoms with Crippen molar-refractivity contribution in [2.45, 2.75) is 0 Å². The summed E-state index contributed by atoms with van der Waals surface area (Å²) in [4.78, 5) is 3.88. The molecule has 0 heterocycles. The molecule has 21 heavy (non-hydrogen) atoms. The lowest BCUT2D eigenvalue weighted by Crippen LogP contribution is -2.21. The maximum absolute atomic E-state index is 5.48. The summed E-state index contributed by atoms with van der Waals surface area (Å²) < 4.78 is 3.90. The molecule has 0 fully saturated rings. The Labute approximate surface area is 156 Å². The Morgan fingerprint density at radius 2 is 1.29 bits per heavy atom. The highest BCUT2D eigenvalue weighted by Crippen LogP contribution is 2.27. The standard InChI is InChI=1S/C7H7Br2N3.C6H5Br2N/c8-5-2-1-4(3-6(5)9)12-7(10)11;7-5-2-1-4(9)3-6(5)8/h1-3H,(H4,10,11,12);1-3H,9H2. The van der Waals surface area contributed by atoms with Gasteiger partial charge in [0.05, 0.1) is 5.69 Å². The lowest BCUT2D eigenvalue weighted by Gasteiger charge is -1.97. The van der Waals surface area contributed by atoms with E-state index in [0.29, 0.717) is 0 Å². The molecular weight excluding hydrogens is 532 g/mol. The fourth-order valence-corrected chi connectivity index (χ4v) is 2.47. The molecule has 0 saturated heterocycles. The van der Waals surface area contributed by atoms with Gasteiger partial charge in [-0.2, -0.15) is 0 Å². The smallest absolute Gasteiger partial charge is 0.191 e. The second-order valence-electron chi connectivity index (χ2n) is 3.81. The average Bonchev–Trinajstić information content (AvgIpc) is 2.39. The van der Waals surface area contributed by atoms with E-state index < -0.39 is 0 Å². The molecule has 0 bridgehead atoms. The Kier molecular flexibility index (Phi) is 7.72. The summed E-state index contributed by atoms with van der Waals surface area (Å²) in [5, 5.41) is 0. The fourth-order valence-electron chi connectivity index (χ4n) is 1.22. The largest absolute Gasteiger partial charge is 0.399 e. The van der Waals surface area contributed by atoms with Gasteiger partial charge in [0.2, 0.25) is 0 Å². The van der Waals surface area contributed by atoms with E-state index in [0.717, 1.165) is 29.3 Å². The molecule has 0 radical (unpaired) electrons. The Morgan fingerprint density at radius 1 is 0.762 bits per heavy atom. The highest BCUT2D eigenvalue weighted by Gasteiger charge is 1.96. The van der Waals surface area contributed by atoms with E-state index in [-0.39, 0.29) is 5.96 Å².